The maximum Gasteiger partial charge on any atom is 0.336 e. The number of rotatable bonds is 3. The minimum Gasteiger partial charge on any atom is -0.467 e. The van der Waals surface area contributed by atoms with Crippen LogP contribution in [0.15, 0.2) is 12.1 Å². The second-order valence-corrected chi connectivity index (χ2v) is 5.78. The molecule has 0 aromatic heterocycles. The average Bonchev–Trinajstić information content (AvgIpc) is 2.50. The van der Waals surface area contributed by atoms with Gasteiger partial charge in [-0.25, -0.2) is 4.79 Å². The van der Waals surface area contributed by atoms with Gasteiger partial charge in [0, 0.05) is 6.54 Å². The van der Waals surface area contributed by atoms with Crippen LogP contribution in [0.25, 0.3) is 0 Å². The first kappa shape index (κ1) is 16.5. The summed E-state index contributed by atoms with van der Waals surface area (Å²) in [6, 6.07) is 4.18. The van der Waals surface area contributed by atoms with Crippen molar-refractivity contribution in [3.8, 4) is 0 Å². The van der Waals surface area contributed by atoms with Crippen molar-refractivity contribution in [3.05, 3.63) is 34.4 Å². The molecule has 22 heavy (non-hydrogen) atoms. The van der Waals surface area contributed by atoms with Crippen LogP contribution in [0, 0.1) is 20.8 Å². The van der Waals surface area contributed by atoms with Crippen LogP contribution in [0.5, 0.6) is 0 Å². The number of hydrogen-bond donors (Lipinski definition) is 0. The molecule has 1 saturated heterocycles. The summed E-state index contributed by atoms with van der Waals surface area (Å²) >= 11 is 0. The van der Waals surface area contributed by atoms with Crippen molar-refractivity contribution in [3.63, 3.8) is 0 Å². The predicted octanol–water partition coefficient (Wildman–Crippen LogP) is 1.55. The minimum absolute atomic E-state index is 0.0206. The molecule has 0 aliphatic carbocycles. The number of carbonyl (C=O) groups excluding carboxylic acids is 2. The van der Waals surface area contributed by atoms with E-state index in [0.29, 0.717) is 19.6 Å². The number of carbonyl (C=O) groups is 2. The summed E-state index contributed by atoms with van der Waals surface area (Å²) < 4.78 is 10.0. The molecule has 2 rings (SSSR count). The number of benzene rings is 1. The molecule has 0 saturated carbocycles. The third-order valence-corrected chi connectivity index (χ3v) is 4.05. The van der Waals surface area contributed by atoms with Gasteiger partial charge in [0.2, 0.25) is 5.91 Å². The molecule has 5 nitrogen and oxygen atoms in total. The number of morpholine rings is 1. The van der Waals surface area contributed by atoms with E-state index in [0.717, 1.165) is 16.7 Å². The molecule has 1 amide bonds. The Morgan fingerprint density at radius 3 is 2.50 bits per heavy atom. The Labute approximate surface area is 131 Å². The van der Waals surface area contributed by atoms with Gasteiger partial charge in [0.25, 0.3) is 0 Å². The summed E-state index contributed by atoms with van der Waals surface area (Å²) in [5.74, 6) is -0.410. The molecule has 1 unspecified atom stereocenters. The number of nitrogens with zero attached hydrogens (tertiary/aromatic N) is 1. The number of esters is 1. The highest BCUT2D eigenvalue weighted by Gasteiger charge is 2.30. The molecule has 1 heterocycles. The Hall–Kier alpha value is -1.88. The van der Waals surface area contributed by atoms with Gasteiger partial charge >= 0.3 is 5.97 Å². The zero-order chi connectivity index (χ0) is 16.3. The van der Waals surface area contributed by atoms with Gasteiger partial charge in [0.1, 0.15) is 0 Å². The van der Waals surface area contributed by atoms with Gasteiger partial charge in [0.15, 0.2) is 6.10 Å². The monoisotopic (exact) mass is 305 g/mol. The first-order valence-electron chi connectivity index (χ1n) is 7.46. The summed E-state index contributed by atoms with van der Waals surface area (Å²) in [4.78, 5) is 25.8. The second-order valence-electron chi connectivity index (χ2n) is 5.78. The number of aryl methyl sites for hydroxylation is 3. The lowest BCUT2D eigenvalue weighted by Gasteiger charge is -2.31. The molecule has 1 aromatic carbocycles. The SMILES string of the molecule is COC(=O)C1CN(C(=O)Cc2c(C)cc(C)cc2C)CCO1. The summed E-state index contributed by atoms with van der Waals surface area (Å²) in [6.07, 6.45) is -0.325. The fourth-order valence-electron chi connectivity index (χ4n) is 2.90. The Morgan fingerprint density at radius 2 is 1.91 bits per heavy atom. The van der Waals surface area contributed by atoms with E-state index in [1.54, 1.807) is 4.90 Å². The molecule has 1 atom stereocenters. The van der Waals surface area contributed by atoms with Gasteiger partial charge in [-0.15, -0.1) is 0 Å². The van der Waals surface area contributed by atoms with Crippen LogP contribution in [-0.4, -0.2) is 49.7 Å². The quantitative estimate of drug-likeness (QED) is 0.795. The molecule has 0 bridgehead atoms. The second kappa shape index (κ2) is 6.92. The van der Waals surface area contributed by atoms with E-state index < -0.39 is 12.1 Å². The normalized spacial score (nSPS) is 18.2. The van der Waals surface area contributed by atoms with E-state index in [-0.39, 0.29) is 12.5 Å². The van der Waals surface area contributed by atoms with Crippen molar-refractivity contribution in [2.24, 2.45) is 0 Å². The van der Waals surface area contributed by atoms with Crippen molar-refractivity contribution in [2.45, 2.75) is 33.3 Å². The van der Waals surface area contributed by atoms with Crippen LogP contribution in [0.1, 0.15) is 22.3 Å². The summed E-state index contributed by atoms with van der Waals surface area (Å²) in [7, 11) is 1.32. The highest BCUT2D eigenvalue weighted by Crippen LogP contribution is 2.18. The van der Waals surface area contributed by atoms with Crippen molar-refractivity contribution < 1.29 is 19.1 Å². The standard InChI is InChI=1S/C17H23NO4/c1-11-7-12(2)14(13(3)8-11)9-16(19)18-5-6-22-15(10-18)17(20)21-4/h7-8,15H,5-6,9-10H2,1-4H3. The average molecular weight is 305 g/mol. The molecule has 5 heteroatoms. The molecule has 1 fully saturated rings. The molecular formula is C17H23NO4. The van der Waals surface area contributed by atoms with Crippen LogP contribution >= 0.6 is 0 Å². The number of methoxy groups -OCH3 is 1. The van der Waals surface area contributed by atoms with Gasteiger partial charge in [-0.1, -0.05) is 17.7 Å². The number of hydrogen-bond acceptors (Lipinski definition) is 4. The van der Waals surface area contributed by atoms with Crippen molar-refractivity contribution in [2.75, 3.05) is 26.8 Å². The molecule has 1 aromatic rings. The summed E-state index contributed by atoms with van der Waals surface area (Å²) in [5, 5.41) is 0. The van der Waals surface area contributed by atoms with Crippen molar-refractivity contribution >= 4 is 11.9 Å². The van der Waals surface area contributed by atoms with Gasteiger partial charge in [0.05, 0.1) is 26.7 Å². The summed E-state index contributed by atoms with van der Waals surface area (Å²) in [6.45, 7) is 7.23. The number of ether oxygens (including phenoxy) is 2. The van der Waals surface area contributed by atoms with E-state index in [1.807, 2.05) is 13.8 Å². The fraction of sp³-hybridized carbons (Fsp3) is 0.529. The van der Waals surface area contributed by atoms with Crippen molar-refractivity contribution in [1.29, 1.82) is 0 Å². The van der Waals surface area contributed by atoms with Gasteiger partial charge in [-0.05, 0) is 37.5 Å². The molecule has 1 aliphatic heterocycles. The fourth-order valence-corrected chi connectivity index (χ4v) is 2.90. The van der Waals surface area contributed by atoms with E-state index in [4.69, 9.17) is 4.74 Å². The third-order valence-electron chi connectivity index (χ3n) is 4.05. The highest BCUT2D eigenvalue weighted by molar-refractivity contribution is 5.81. The molecule has 120 valence electrons. The van der Waals surface area contributed by atoms with E-state index >= 15 is 0 Å². The molecule has 0 radical (unpaired) electrons. The Morgan fingerprint density at radius 1 is 1.27 bits per heavy atom. The van der Waals surface area contributed by atoms with Crippen molar-refractivity contribution in [1.82, 2.24) is 4.90 Å². The lowest BCUT2D eigenvalue weighted by atomic mass is 9.97. The summed E-state index contributed by atoms with van der Waals surface area (Å²) in [5.41, 5.74) is 4.52. The minimum atomic E-state index is -0.678. The Bertz CT molecular complexity index is 559. The molecule has 0 spiro atoms. The predicted molar refractivity (Wildman–Crippen MR) is 82.7 cm³/mol. The first-order valence-corrected chi connectivity index (χ1v) is 7.46. The first-order chi connectivity index (χ1) is 10.4. The smallest absolute Gasteiger partial charge is 0.336 e. The third kappa shape index (κ3) is 3.65. The molecule has 0 N–H and O–H groups in total. The zero-order valence-electron chi connectivity index (χ0n) is 13.6. The van der Waals surface area contributed by atoms with E-state index in [1.165, 1.54) is 12.7 Å². The van der Waals surface area contributed by atoms with Gasteiger partial charge in [-0.3, -0.25) is 4.79 Å². The lowest BCUT2D eigenvalue weighted by Crippen LogP contribution is -2.49. The maximum absolute atomic E-state index is 12.5. The maximum atomic E-state index is 12.5. The van der Waals surface area contributed by atoms with Gasteiger partial charge < -0.3 is 14.4 Å². The largest absolute Gasteiger partial charge is 0.467 e. The van der Waals surface area contributed by atoms with Crippen LogP contribution in [-0.2, 0) is 25.5 Å². The van der Waals surface area contributed by atoms with Crippen LogP contribution < -0.4 is 0 Å². The van der Waals surface area contributed by atoms with Crippen LogP contribution in [0.2, 0.25) is 0 Å². The lowest BCUT2D eigenvalue weighted by molar-refractivity contribution is -0.162. The van der Waals surface area contributed by atoms with Crippen LogP contribution in [0.3, 0.4) is 0 Å². The Balaban J connectivity index is 2.08. The van der Waals surface area contributed by atoms with Crippen LogP contribution in [0.4, 0.5) is 0 Å². The topological polar surface area (TPSA) is 55.8 Å². The zero-order valence-corrected chi connectivity index (χ0v) is 13.6. The number of amides is 1. The Kier molecular flexibility index (Phi) is 5.19. The molecule has 1 aliphatic rings. The van der Waals surface area contributed by atoms with E-state index in [2.05, 4.69) is 23.8 Å². The van der Waals surface area contributed by atoms with Gasteiger partial charge in [-0.2, -0.15) is 0 Å². The highest BCUT2D eigenvalue weighted by atomic mass is 16.6. The molecular weight excluding hydrogens is 282 g/mol. The van der Waals surface area contributed by atoms with E-state index in [9.17, 15) is 9.59 Å².